The highest BCUT2D eigenvalue weighted by Crippen LogP contribution is 2.30. The maximum Gasteiger partial charge on any atom is 0.335 e. The van der Waals surface area contributed by atoms with Crippen LogP contribution in [0, 0.1) is 5.92 Å². The topological polar surface area (TPSA) is 53.4 Å². The van der Waals surface area contributed by atoms with E-state index in [0.29, 0.717) is 5.82 Å². The Morgan fingerprint density at radius 3 is 2.88 bits per heavy atom. The van der Waals surface area contributed by atoms with Crippen molar-refractivity contribution in [3.05, 3.63) is 22.8 Å². The summed E-state index contributed by atoms with van der Waals surface area (Å²) in [6, 6.07) is 2.91. The minimum atomic E-state index is -0.981. The van der Waals surface area contributed by atoms with Gasteiger partial charge < -0.3 is 10.0 Å². The number of aromatic carboxylic acids is 1. The molecule has 0 bridgehead atoms. The van der Waals surface area contributed by atoms with Gasteiger partial charge in [0.05, 0.1) is 5.56 Å². The smallest absolute Gasteiger partial charge is 0.335 e. The molecule has 0 amide bonds. The van der Waals surface area contributed by atoms with Gasteiger partial charge in [0.15, 0.2) is 0 Å². The van der Waals surface area contributed by atoms with Gasteiger partial charge in [0.2, 0.25) is 0 Å². The van der Waals surface area contributed by atoms with Crippen LogP contribution in [-0.2, 0) is 0 Å². The number of anilines is 1. The molecule has 1 aromatic heterocycles. The molecule has 0 unspecified atom stereocenters. The van der Waals surface area contributed by atoms with Crippen molar-refractivity contribution < 1.29 is 9.90 Å². The summed E-state index contributed by atoms with van der Waals surface area (Å²) in [5, 5.41) is 9.12. The summed E-state index contributed by atoms with van der Waals surface area (Å²) in [4.78, 5) is 16.9. The Labute approximate surface area is 98.9 Å². The standard InChI is InChI=1S/C11H13ClN2O2/c1-14(6-7-2-3-7)10-5-8(11(15)16)4-9(12)13-10/h4-5,7H,2-3,6H2,1H3,(H,15,16). The third-order valence-electron chi connectivity index (χ3n) is 2.65. The lowest BCUT2D eigenvalue weighted by Crippen LogP contribution is -2.21. The summed E-state index contributed by atoms with van der Waals surface area (Å²) in [6.07, 6.45) is 2.49. The third kappa shape index (κ3) is 2.64. The minimum Gasteiger partial charge on any atom is -0.478 e. The molecule has 0 aromatic carbocycles. The van der Waals surface area contributed by atoms with Crippen LogP contribution in [0.3, 0.4) is 0 Å². The molecule has 1 aromatic rings. The molecule has 1 N–H and O–H groups in total. The Bertz CT molecular complexity index is 418. The summed E-state index contributed by atoms with van der Waals surface area (Å²) >= 11 is 5.79. The van der Waals surface area contributed by atoms with E-state index in [1.165, 1.54) is 18.9 Å². The molecule has 1 aliphatic rings. The lowest BCUT2D eigenvalue weighted by molar-refractivity contribution is 0.0697. The number of nitrogens with zero attached hydrogens (tertiary/aromatic N) is 2. The highest BCUT2D eigenvalue weighted by atomic mass is 35.5. The fraction of sp³-hybridized carbons (Fsp3) is 0.455. The maximum atomic E-state index is 10.9. The van der Waals surface area contributed by atoms with Crippen molar-refractivity contribution in [1.82, 2.24) is 4.98 Å². The second kappa shape index (κ2) is 4.29. The lowest BCUT2D eigenvalue weighted by Gasteiger charge is -2.18. The summed E-state index contributed by atoms with van der Waals surface area (Å²) in [6.45, 7) is 0.909. The molecule has 1 saturated carbocycles. The molecule has 0 saturated heterocycles. The van der Waals surface area contributed by atoms with Gasteiger partial charge in [-0.1, -0.05) is 11.6 Å². The number of hydrogen-bond acceptors (Lipinski definition) is 3. The van der Waals surface area contributed by atoms with Gasteiger partial charge in [-0.2, -0.15) is 0 Å². The van der Waals surface area contributed by atoms with Crippen molar-refractivity contribution in [3.8, 4) is 0 Å². The van der Waals surface area contributed by atoms with Gasteiger partial charge in [0, 0.05) is 13.6 Å². The molecule has 0 aliphatic heterocycles. The number of hydrogen-bond donors (Lipinski definition) is 1. The maximum absolute atomic E-state index is 10.9. The average Bonchev–Trinajstić information content (AvgIpc) is 3.00. The van der Waals surface area contributed by atoms with Crippen LogP contribution in [0.25, 0.3) is 0 Å². The Morgan fingerprint density at radius 1 is 1.62 bits per heavy atom. The predicted octanol–water partition coefficient (Wildman–Crippen LogP) is 2.28. The Hall–Kier alpha value is -1.29. The molecule has 1 aliphatic carbocycles. The van der Waals surface area contributed by atoms with E-state index in [-0.39, 0.29) is 10.7 Å². The van der Waals surface area contributed by atoms with Gasteiger partial charge in [-0.25, -0.2) is 9.78 Å². The van der Waals surface area contributed by atoms with Crippen LogP contribution in [0.1, 0.15) is 23.2 Å². The van der Waals surface area contributed by atoms with E-state index in [2.05, 4.69) is 4.98 Å². The van der Waals surface area contributed by atoms with Crippen LogP contribution in [0.4, 0.5) is 5.82 Å². The second-order valence-corrected chi connectivity index (χ2v) is 4.55. The summed E-state index contributed by atoms with van der Waals surface area (Å²) in [5.41, 5.74) is 0.178. The van der Waals surface area contributed by atoms with Crippen molar-refractivity contribution in [2.45, 2.75) is 12.8 Å². The Kier molecular flexibility index (Phi) is 3.01. The zero-order valence-corrected chi connectivity index (χ0v) is 9.74. The number of carbonyl (C=O) groups is 1. The normalized spacial score (nSPS) is 14.9. The first-order valence-corrected chi connectivity index (χ1v) is 5.56. The van der Waals surface area contributed by atoms with E-state index >= 15 is 0 Å². The van der Waals surface area contributed by atoms with E-state index < -0.39 is 5.97 Å². The average molecular weight is 241 g/mol. The SMILES string of the molecule is CN(CC1CC1)c1cc(C(=O)O)cc(Cl)n1. The zero-order chi connectivity index (χ0) is 11.7. The highest BCUT2D eigenvalue weighted by Gasteiger charge is 2.23. The quantitative estimate of drug-likeness (QED) is 0.821. The molecule has 1 fully saturated rings. The van der Waals surface area contributed by atoms with Crippen molar-refractivity contribution in [3.63, 3.8) is 0 Å². The largest absolute Gasteiger partial charge is 0.478 e. The number of pyridine rings is 1. The fourth-order valence-electron chi connectivity index (χ4n) is 1.58. The number of carboxylic acids is 1. The first-order valence-electron chi connectivity index (χ1n) is 5.18. The molecule has 1 heterocycles. The van der Waals surface area contributed by atoms with E-state index in [9.17, 15) is 4.79 Å². The van der Waals surface area contributed by atoms with E-state index in [4.69, 9.17) is 16.7 Å². The highest BCUT2D eigenvalue weighted by molar-refractivity contribution is 6.29. The van der Waals surface area contributed by atoms with Gasteiger partial charge in [0.1, 0.15) is 11.0 Å². The van der Waals surface area contributed by atoms with Gasteiger partial charge in [-0.05, 0) is 30.9 Å². The molecule has 2 rings (SSSR count). The van der Waals surface area contributed by atoms with E-state index in [0.717, 1.165) is 12.5 Å². The van der Waals surface area contributed by atoms with Crippen LogP contribution >= 0.6 is 11.6 Å². The van der Waals surface area contributed by atoms with Crippen LogP contribution in [0.2, 0.25) is 5.15 Å². The zero-order valence-electron chi connectivity index (χ0n) is 8.98. The lowest BCUT2D eigenvalue weighted by atomic mass is 10.2. The molecule has 0 radical (unpaired) electrons. The molecule has 86 valence electrons. The van der Waals surface area contributed by atoms with Crippen molar-refractivity contribution >= 4 is 23.4 Å². The van der Waals surface area contributed by atoms with Crippen LogP contribution < -0.4 is 4.90 Å². The van der Waals surface area contributed by atoms with Gasteiger partial charge in [-0.15, -0.1) is 0 Å². The van der Waals surface area contributed by atoms with Crippen molar-refractivity contribution in [1.29, 1.82) is 0 Å². The molecular formula is C11H13ClN2O2. The van der Waals surface area contributed by atoms with Gasteiger partial charge in [-0.3, -0.25) is 0 Å². The number of aromatic nitrogens is 1. The van der Waals surface area contributed by atoms with Crippen molar-refractivity contribution in [2.24, 2.45) is 5.92 Å². The molecule has 4 nitrogen and oxygen atoms in total. The Balaban J connectivity index is 2.21. The Morgan fingerprint density at radius 2 is 2.31 bits per heavy atom. The fourth-order valence-corrected chi connectivity index (χ4v) is 1.79. The van der Waals surface area contributed by atoms with Crippen LogP contribution in [-0.4, -0.2) is 29.7 Å². The third-order valence-corrected chi connectivity index (χ3v) is 2.84. The summed E-state index contributed by atoms with van der Waals surface area (Å²) < 4.78 is 0. The molecule has 16 heavy (non-hydrogen) atoms. The molecular weight excluding hydrogens is 228 g/mol. The first-order chi connectivity index (χ1) is 7.56. The molecule has 0 spiro atoms. The predicted molar refractivity (Wildman–Crippen MR) is 62.2 cm³/mol. The molecule has 5 heteroatoms. The summed E-state index contributed by atoms with van der Waals surface area (Å²) in [5.74, 6) is 0.362. The molecule has 0 atom stereocenters. The van der Waals surface area contributed by atoms with Gasteiger partial charge >= 0.3 is 5.97 Å². The first kappa shape index (κ1) is 11.2. The van der Waals surface area contributed by atoms with Crippen molar-refractivity contribution in [2.75, 3.05) is 18.5 Å². The monoisotopic (exact) mass is 240 g/mol. The van der Waals surface area contributed by atoms with E-state index in [1.54, 1.807) is 6.07 Å². The van der Waals surface area contributed by atoms with Crippen LogP contribution in [0.5, 0.6) is 0 Å². The second-order valence-electron chi connectivity index (χ2n) is 4.17. The van der Waals surface area contributed by atoms with Gasteiger partial charge in [0.25, 0.3) is 0 Å². The minimum absolute atomic E-state index is 0.178. The number of rotatable bonds is 4. The number of halogens is 1. The van der Waals surface area contributed by atoms with Crippen LogP contribution in [0.15, 0.2) is 12.1 Å². The number of carboxylic acid groups (broad SMARTS) is 1. The summed E-state index contributed by atoms with van der Waals surface area (Å²) in [7, 11) is 1.91. The van der Waals surface area contributed by atoms with E-state index in [1.807, 2.05) is 11.9 Å².